The molecule has 1 aliphatic rings. The van der Waals surface area contributed by atoms with Crippen molar-refractivity contribution in [3.8, 4) is 5.75 Å². The summed E-state index contributed by atoms with van der Waals surface area (Å²) in [6, 6.07) is 4.63. The molecule has 1 aromatic carbocycles. The summed E-state index contributed by atoms with van der Waals surface area (Å²) in [7, 11) is 1.49. The fraction of sp³-hybridized carbons (Fsp3) is 0.500. The van der Waals surface area contributed by atoms with Crippen LogP contribution < -0.4 is 15.4 Å². The molecule has 0 aromatic heterocycles. The summed E-state index contributed by atoms with van der Waals surface area (Å²) in [5, 5.41) is 5.92. The predicted molar refractivity (Wildman–Crippen MR) is 70.3 cm³/mol. The molecule has 1 atom stereocenters. The van der Waals surface area contributed by atoms with E-state index in [1.165, 1.54) is 13.2 Å². The standard InChI is InChI=1S/C14H19FN2O2/c1-9(11-6-16-7-11)14(18)17-8-10-3-4-12(19-2)5-13(10)15/h3-5,9,11,16H,6-8H2,1-2H3,(H,17,18). The van der Waals surface area contributed by atoms with Gasteiger partial charge in [0, 0.05) is 24.1 Å². The van der Waals surface area contributed by atoms with E-state index < -0.39 is 0 Å². The lowest BCUT2D eigenvalue weighted by Gasteiger charge is -2.31. The molecule has 1 unspecified atom stereocenters. The predicted octanol–water partition coefficient (Wildman–Crippen LogP) is 1.31. The first kappa shape index (κ1) is 13.8. The molecular formula is C14H19FN2O2. The maximum atomic E-state index is 13.7. The number of carbonyl (C=O) groups excluding carboxylic acids is 1. The van der Waals surface area contributed by atoms with Crippen molar-refractivity contribution in [2.45, 2.75) is 13.5 Å². The Morgan fingerprint density at radius 3 is 2.84 bits per heavy atom. The zero-order valence-electron chi connectivity index (χ0n) is 11.2. The summed E-state index contributed by atoms with van der Waals surface area (Å²) < 4.78 is 18.6. The molecule has 19 heavy (non-hydrogen) atoms. The summed E-state index contributed by atoms with van der Waals surface area (Å²) in [5.41, 5.74) is 0.466. The van der Waals surface area contributed by atoms with Crippen LogP contribution >= 0.6 is 0 Å². The number of amides is 1. The van der Waals surface area contributed by atoms with Crippen molar-refractivity contribution in [1.82, 2.24) is 10.6 Å². The molecule has 1 aromatic rings. The molecule has 4 nitrogen and oxygen atoms in total. The highest BCUT2D eigenvalue weighted by Crippen LogP contribution is 2.18. The van der Waals surface area contributed by atoms with Crippen LogP contribution in [0, 0.1) is 17.7 Å². The summed E-state index contributed by atoms with van der Waals surface area (Å²) in [6.45, 7) is 3.88. The Hall–Kier alpha value is -1.62. The summed E-state index contributed by atoms with van der Waals surface area (Å²) in [5.74, 6) is 0.434. The van der Waals surface area contributed by atoms with E-state index in [0.717, 1.165) is 13.1 Å². The minimum atomic E-state index is -0.363. The van der Waals surface area contributed by atoms with Crippen LogP contribution in [0.2, 0.25) is 0 Å². The van der Waals surface area contributed by atoms with Crippen LogP contribution in [0.1, 0.15) is 12.5 Å². The number of halogens is 1. The number of rotatable bonds is 5. The highest BCUT2D eigenvalue weighted by atomic mass is 19.1. The van der Waals surface area contributed by atoms with Gasteiger partial charge in [-0.1, -0.05) is 13.0 Å². The Morgan fingerprint density at radius 1 is 1.58 bits per heavy atom. The number of methoxy groups -OCH3 is 1. The second-order valence-corrected chi connectivity index (χ2v) is 4.88. The molecule has 1 amide bonds. The van der Waals surface area contributed by atoms with Crippen LogP contribution in [-0.4, -0.2) is 26.1 Å². The van der Waals surface area contributed by atoms with Gasteiger partial charge in [0.05, 0.1) is 7.11 Å². The van der Waals surface area contributed by atoms with Gasteiger partial charge in [0.25, 0.3) is 0 Å². The highest BCUT2D eigenvalue weighted by Gasteiger charge is 2.28. The third-order valence-corrected chi connectivity index (χ3v) is 3.65. The summed E-state index contributed by atoms with van der Waals surface area (Å²) in [6.07, 6.45) is 0. The van der Waals surface area contributed by atoms with Gasteiger partial charge in [0.15, 0.2) is 0 Å². The van der Waals surface area contributed by atoms with E-state index >= 15 is 0 Å². The molecule has 1 aliphatic heterocycles. The van der Waals surface area contributed by atoms with Crippen molar-refractivity contribution in [2.24, 2.45) is 11.8 Å². The molecule has 1 heterocycles. The van der Waals surface area contributed by atoms with Gasteiger partial charge >= 0.3 is 0 Å². The Labute approximate surface area is 112 Å². The van der Waals surface area contributed by atoms with E-state index in [1.807, 2.05) is 6.92 Å². The van der Waals surface area contributed by atoms with Gasteiger partial charge in [-0.05, 0) is 25.1 Å². The molecule has 1 saturated heterocycles. The van der Waals surface area contributed by atoms with E-state index in [9.17, 15) is 9.18 Å². The van der Waals surface area contributed by atoms with Gasteiger partial charge in [0.2, 0.25) is 5.91 Å². The minimum absolute atomic E-state index is 0.0262. The molecule has 5 heteroatoms. The van der Waals surface area contributed by atoms with Crippen molar-refractivity contribution in [1.29, 1.82) is 0 Å². The average Bonchev–Trinajstić information content (AvgIpc) is 2.34. The van der Waals surface area contributed by atoms with E-state index in [2.05, 4.69) is 10.6 Å². The van der Waals surface area contributed by atoms with E-state index in [1.54, 1.807) is 12.1 Å². The quantitative estimate of drug-likeness (QED) is 0.844. The maximum Gasteiger partial charge on any atom is 0.223 e. The van der Waals surface area contributed by atoms with Crippen LogP contribution in [-0.2, 0) is 11.3 Å². The Bertz CT molecular complexity index is 461. The Morgan fingerprint density at radius 2 is 2.32 bits per heavy atom. The lowest BCUT2D eigenvalue weighted by Crippen LogP contribution is -2.49. The molecular weight excluding hydrogens is 247 g/mol. The van der Waals surface area contributed by atoms with Gasteiger partial charge in [-0.15, -0.1) is 0 Å². The molecule has 104 valence electrons. The zero-order valence-corrected chi connectivity index (χ0v) is 11.2. The largest absolute Gasteiger partial charge is 0.497 e. The summed E-state index contributed by atoms with van der Waals surface area (Å²) in [4.78, 5) is 11.9. The number of hydrogen-bond acceptors (Lipinski definition) is 3. The van der Waals surface area contributed by atoms with Gasteiger partial charge < -0.3 is 15.4 Å². The second kappa shape index (κ2) is 6.02. The van der Waals surface area contributed by atoms with Crippen molar-refractivity contribution in [2.75, 3.05) is 20.2 Å². The van der Waals surface area contributed by atoms with E-state index in [4.69, 9.17) is 4.74 Å². The molecule has 2 rings (SSSR count). The molecule has 0 saturated carbocycles. The number of carbonyl (C=O) groups is 1. The van der Waals surface area contributed by atoms with Crippen molar-refractivity contribution >= 4 is 5.91 Å². The number of nitrogens with one attached hydrogen (secondary N) is 2. The van der Waals surface area contributed by atoms with E-state index in [0.29, 0.717) is 17.2 Å². The molecule has 1 fully saturated rings. The topological polar surface area (TPSA) is 50.4 Å². The van der Waals surface area contributed by atoms with Crippen LogP contribution in [0.15, 0.2) is 18.2 Å². The van der Waals surface area contributed by atoms with Crippen LogP contribution in [0.3, 0.4) is 0 Å². The number of benzene rings is 1. The normalized spacial score (nSPS) is 16.6. The van der Waals surface area contributed by atoms with E-state index in [-0.39, 0.29) is 24.2 Å². The monoisotopic (exact) mass is 266 g/mol. The van der Waals surface area contributed by atoms with Crippen molar-refractivity contribution < 1.29 is 13.9 Å². The molecule has 0 radical (unpaired) electrons. The van der Waals surface area contributed by atoms with Gasteiger partial charge in [-0.25, -0.2) is 4.39 Å². The fourth-order valence-corrected chi connectivity index (χ4v) is 2.02. The molecule has 0 bridgehead atoms. The van der Waals surface area contributed by atoms with Crippen molar-refractivity contribution in [3.63, 3.8) is 0 Å². The zero-order chi connectivity index (χ0) is 13.8. The van der Waals surface area contributed by atoms with Gasteiger partial charge in [-0.3, -0.25) is 4.79 Å². The molecule has 0 aliphatic carbocycles. The first-order valence-corrected chi connectivity index (χ1v) is 6.42. The highest BCUT2D eigenvalue weighted by molar-refractivity contribution is 5.78. The van der Waals surface area contributed by atoms with Crippen LogP contribution in [0.4, 0.5) is 4.39 Å². The van der Waals surface area contributed by atoms with Gasteiger partial charge in [0.1, 0.15) is 11.6 Å². The third-order valence-electron chi connectivity index (χ3n) is 3.65. The number of hydrogen-bond donors (Lipinski definition) is 2. The molecule has 2 N–H and O–H groups in total. The smallest absolute Gasteiger partial charge is 0.223 e. The lowest BCUT2D eigenvalue weighted by molar-refractivity contribution is -0.126. The Kier molecular flexibility index (Phi) is 4.37. The average molecular weight is 266 g/mol. The molecule has 0 spiro atoms. The third kappa shape index (κ3) is 3.23. The maximum absolute atomic E-state index is 13.7. The van der Waals surface area contributed by atoms with Crippen LogP contribution in [0.25, 0.3) is 0 Å². The first-order valence-electron chi connectivity index (χ1n) is 6.42. The fourth-order valence-electron chi connectivity index (χ4n) is 2.02. The lowest BCUT2D eigenvalue weighted by atomic mass is 9.88. The van der Waals surface area contributed by atoms with Gasteiger partial charge in [-0.2, -0.15) is 0 Å². The number of ether oxygens (including phenoxy) is 1. The van der Waals surface area contributed by atoms with Crippen molar-refractivity contribution in [3.05, 3.63) is 29.6 Å². The second-order valence-electron chi connectivity index (χ2n) is 4.88. The SMILES string of the molecule is COc1ccc(CNC(=O)C(C)C2CNC2)c(F)c1. The van der Waals surface area contributed by atoms with Crippen LogP contribution in [0.5, 0.6) is 5.75 Å². The Balaban J connectivity index is 1.89. The summed E-state index contributed by atoms with van der Waals surface area (Å²) >= 11 is 0. The first-order chi connectivity index (χ1) is 9.11. The minimum Gasteiger partial charge on any atom is -0.497 e.